The Bertz CT molecular complexity index is 1240. The molecule has 7 heteroatoms. The van der Waals surface area contributed by atoms with E-state index >= 15 is 0 Å². The van der Waals surface area contributed by atoms with Crippen LogP contribution in [0.3, 0.4) is 0 Å². The van der Waals surface area contributed by atoms with Crippen LogP contribution >= 0.6 is 11.6 Å². The number of aromatic nitrogens is 2. The average molecular weight is 493 g/mol. The summed E-state index contributed by atoms with van der Waals surface area (Å²) in [5, 5.41) is 10.4. The summed E-state index contributed by atoms with van der Waals surface area (Å²) >= 11 is 6.33. The number of fused-ring (bicyclic) bond motifs is 2. The molecule has 6 nitrogen and oxygen atoms in total. The Kier molecular flexibility index (Phi) is 8.69. The number of halogens is 1. The Labute approximate surface area is 212 Å². The van der Waals surface area contributed by atoms with E-state index in [1.165, 1.54) is 23.6 Å². The molecule has 35 heavy (non-hydrogen) atoms. The molecular weight excluding hydrogens is 460 g/mol. The second-order valence-electron chi connectivity index (χ2n) is 8.88. The van der Waals surface area contributed by atoms with Gasteiger partial charge in [0.15, 0.2) is 0 Å². The van der Waals surface area contributed by atoms with Crippen molar-refractivity contribution in [2.75, 3.05) is 13.7 Å². The van der Waals surface area contributed by atoms with E-state index in [1.54, 1.807) is 0 Å². The van der Waals surface area contributed by atoms with Gasteiger partial charge in [-0.15, -0.1) is 0 Å². The van der Waals surface area contributed by atoms with Crippen molar-refractivity contribution in [3.8, 4) is 0 Å². The smallest absolute Gasteiger partial charge is 0.117 e. The van der Waals surface area contributed by atoms with Gasteiger partial charge in [0.2, 0.25) is 0 Å². The van der Waals surface area contributed by atoms with Crippen LogP contribution in [-0.4, -0.2) is 35.1 Å². The lowest BCUT2D eigenvalue weighted by Gasteiger charge is -2.22. The van der Waals surface area contributed by atoms with Gasteiger partial charge in [-0.3, -0.25) is 4.98 Å². The highest BCUT2D eigenvalue weighted by molar-refractivity contribution is 6.31. The summed E-state index contributed by atoms with van der Waals surface area (Å²) in [7, 11) is 1.54. The maximum Gasteiger partial charge on any atom is 0.117 e. The molecule has 0 radical (unpaired) electrons. The molecule has 2 heterocycles. The van der Waals surface area contributed by atoms with Gasteiger partial charge in [-0.25, -0.2) is 4.98 Å². The number of aryl methyl sites for hydroxylation is 2. The van der Waals surface area contributed by atoms with Gasteiger partial charge in [0, 0.05) is 16.1 Å². The molecule has 2 aromatic heterocycles. The van der Waals surface area contributed by atoms with Crippen LogP contribution in [0.1, 0.15) is 74.2 Å². The average Bonchev–Trinajstić information content (AvgIpc) is 2.87. The first-order valence-corrected chi connectivity index (χ1v) is 12.8. The van der Waals surface area contributed by atoms with Gasteiger partial charge in [-0.2, -0.15) is 0 Å². The van der Waals surface area contributed by atoms with Crippen molar-refractivity contribution in [1.82, 2.24) is 9.97 Å². The van der Waals surface area contributed by atoms with Crippen LogP contribution in [0.5, 0.6) is 0 Å². The summed E-state index contributed by atoms with van der Waals surface area (Å²) in [6, 6.07) is 11.9. The van der Waals surface area contributed by atoms with Crippen LogP contribution in [0.25, 0.3) is 10.9 Å². The van der Waals surface area contributed by atoms with Crippen molar-refractivity contribution < 1.29 is 9.68 Å². The zero-order chi connectivity index (χ0) is 24.6. The lowest BCUT2D eigenvalue weighted by molar-refractivity contribution is 0.141. The number of benzene rings is 1. The number of nitrogens with zero attached hydrogens (tertiary/aromatic N) is 4. The molecule has 1 aromatic carbocycles. The van der Waals surface area contributed by atoms with Crippen LogP contribution in [0.4, 0.5) is 0 Å². The fraction of sp³-hybridized carbons (Fsp3) is 0.429. The molecule has 0 amide bonds. The van der Waals surface area contributed by atoms with E-state index < -0.39 is 0 Å². The van der Waals surface area contributed by atoms with Gasteiger partial charge in [0.25, 0.3) is 0 Å². The molecule has 0 bridgehead atoms. The van der Waals surface area contributed by atoms with Crippen molar-refractivity contribution >= 4 is 33.9 Å². The second-order valence-corrected chi connectivity index (χ2v) is 9.32. The van der Waals surface area contributed by atoms with E-state index in [-0.39, 0.29) is 0 Å². The van der Waals surface area contributed by atoms with Crippen LogP contribution in [0.15, 0.2) is 46.7 Å². The molecule has 1 aliphatic rings. The van der Waals surface area contributed by atoms with Gasteiger partial charge in [0.1, 0.15) is 25.1 Å². The number of oxime groups is 2. The van der Waals surface area contributed by atoms with Crippen molar-refractivity contribution in [2.45, 2.75) is 65.2 Å². The van der Waals surface area contributed by atoms with Gasteiger partial charge >= 0.3 is 0 Å². The molecule has 0 saturated heterocycles. The topological polar surface area (TPSA) is 69.0 Å². The van der Waals surface area contributed by atoms with E-state index in [9.17, 15) is 0 Å². The standard InChI is InChI=1S/C28H33ClN4O2/c1-4-5-11-22-23-12-7-14-27(28(23)31-26-16-15-20(29)18-24(22)26)33-35-17-8-10-21-9-6-13-25(30-21)19(2)32-34-3/h6,9,13,15-16,18H,4-5,7-8,10-12,14,17H2,1-3H3. The summed E-state index contributed by atoms with van der Waals surface area (Å²) in [6.07, 6.45) is 7.93. The van der Waals surface area contributed by atoms with Crippen molar-refractivity contribution in [1.29, 1.82) is 0 Å². The first-order chi connectivity index (χ1) is 17.1. The number of unbranched alkanes of at least 4 members (excludes halogenated alkanes) is 1. The fourth-order valence-corrected chi connectivity index (χ4v) is 4.75. The highest BCUT2D eigenvalue weighted by Gasteiger charge is 2.23. The first kappa shape index (κ1) is 25.1. The number of hydrogen-bond donors (Lipinski definition) is 0. The Balaban J connectivity index is 1.46. The minimum Gasteiger partial charge on any atom is -0.399 e. The molecule has 4 rings (SSSR count). The van der Waals surface area contributed by atoms with Crippen molar-refractivity contribution in [2.24, 2.45) is 10.3 Å². The van der Waals surface area contributed by atoms with Crippen LogP contribution in [0, 0.1) is 0 Å². The maximum atomic E-state index is 6.33. The largest absolute Gasteiger partial charge is 0.399 e. The molecule has 0 N–H and O–H groups in total. The predicted octanol–water partition coefficient (Wildman–Crippen LogP) is 6.69. The van der Waals surface area contributed by atoms with Gasteiger partial charge in [0.05, 0.1) is 16.9 Å². The summed E-state index contributed by atoms with van der Waals surface area (Å²) in [4.78, 5) is 20.3. The van der Waals surface area contributed by atoms with E-state index in [4.69, 9.17) is 26.3 Å². The van der Waals surface area contributed by atoms with E-state index in [1.807, 2.05) is 37.3 Å². The van der Waals surface area contributed by atoms with Gasteiger partial charge < -0.3 is 9.68 Å². The van der Waals surface area contributed by atoms with Gasteiger partial charge in [-0.1, -0.05) is 41.3 Å². The van der Waals surface area contributed by atoms with E-state index in [2.05, 4.69) is 28.3 Å². The first-order valence-electron chi connectivity index (χ1n) is 12.4. The zero-order valence-corrected chi connectivity index (χ0v) is 21.6. The third kappa shape index (κ3) is 6.17. The third-order valence-corrected chi connectivity index (χ3v) is 6.54. The quantitative estimate of drug-likeness (QED) is 0.180. The fourth-order valence-electron chi connectivity index (χ4n) is 4.57. The predicted molar refractivity (Wildman–Crippen MR) is 143 cm³/mol. The Morgan fingerprint density at radius 1 is 1.09 bits per heavy atom. The maximum absolute atomic E-state index is 6.33. The monoisotopic (exact) mass is 492 g/mol. The minimum absolute atomic E-state index is 0.530. The number of rotatable bonds is 10. The van der Waals surface area contributed by atoms with E-state index in [0.717, 1.165) is 90.4 Å². The van der Waals surface area contributed by atoms with Gasteiger partial charge in [-0.05, 0) is 93.3 Å². The Hall–Kier alpha value is -2.99. The molecule has 0 unspecified atom stereocenters. The van der Waals surface area contributed by atoms with Crippen LogP contribution in [-0.2, 0) is 28.9 Å². The summed E-state index contributed by atoms with van der Waals surface area (Å²) in [5.74, 6) is 0. The summed E-state index contributed by atoms with van der Waals surface area (Å²) in [6.45, 7) is 4.64. The number of pyridine rings is 2. The van der Waals surface area contributed by atoms with Crippen molar-refractivity contribution in [3.05, 3.63) is 69.6 Å². The lowest BCUT2D eigenvalue weighted by atomic mass is 9.87. The molecule has 0 atom stereocenters. The summed E-state index contributed by atoms with van der Waals surface area (Å²) in [5.41, 5.74) is 8.20. The molecule has 184 valence electrons. The lowest BCUT2D eigenvalue weighted by Crippen LogP contribution is -2.17. The molecule has 0 spiro atoms. The van der Waals surface area contributed by atoms with E-state index in [0.29, 0.717) is 6.61 Å². The molecular formula is C28H33ClN4O2. The number of hydrogen-bond acceptors (Lipinski definition) is 6. The molecule has 0 saturated carbocycles. The SMILES string of the molecule is CCCCc1c2c(nc3ccc(Cl)cc13)C(=NOCCCc1cccc(C(C)=NOC)n1)CCC2. The Morgan fingerprint density at radius 2 is 1.97 bits per heavy atom. The zero-order valence-electron chi connectivity index (χ0n) is 20.8. The van der Waals surface area contributed by atoms with Crippen LogP contribution < -0.4 is 0 Å². The highest BCUT2D eigenvalue weighted by Crippen LogP contribution is 2.32. The Morgan fingerprint density at radius 3 is 2.80 bits per heavy atom. The molecule has 0 aliphatic heterocycles. The second kappa shape index (κ2) is 12.1. The highest BCUT2D eigenvalue weighted by atomic mass is 35.5. The molecule has 0 fully saturated rings. The minimum atomic E-state index is 0.530. The summed E-state index contributed by atoms with van der Waals surface area (Å²) < 4.78 is 0. The van der Waals surface area contributed by atoms with Crippen LogP contribution in [0.2, 0.25) is 5.02 Å². The van der Waals surface area contributed by atoms with Crippen molar-refractivity contribution in [3.63, 3.8) is 0 Å². The molecule has 3 aromatic rings. The normalized spacial score (nSPS) is 14.9. The molecule has 1 aliphatic carbocycles. The third-order valence-electron chi connectivity index (χ3n) is 6.31.